The first kappa shape index (κ1) is 14.3. The molecule has 0 radical (unpaired) electrons. The minimum absolute atomic E-state index is 0.0504. The van der Waals surface area contributed by atoms with Gasteiger partial charge in [-0.3, -0.25) is 4.79 Å². The summed E-state index contributed by atoms with van der Waals surface area (Å²) in [4.78, 5) is 25.3. The third-order valence-corrected chi connectivity index (χ3v) is 4.02. The lowest BCUT2D eigenvalue weighted by Gasteiger charge is -2.15. The molecule has 3 heterocycles. The second-order valence-electron chi connectivity index (χ2n) is 5.50. The average molecular weight is 290 g/mol. The van der Waals surface area contributed by atoms with Gasteiger partial charge in [0.2, 0.25) is 5.95 Å². The maximum Gasteiger partial charge on any atom is 0.257 e. The Morgan fingerprint density at radius 1 is 1.33 bits per heavy atom. The molecule has 0 spiro atoms. The summed E-state index contributed by atoms with van der Waals surface area (Å²) in [5, 5.41) is 0. The van der Waals surface area contributed by atoms with Crippen LogP contribution in [0.3, 0.4) is 0 Å². The molecule has 3 rings (SSSR count). The predicted molar refractivity (Wildman–Crippen MR) is 79.3 cm³/mol. The lowest BCUT2D eigenvalue weighted by Crippen LogP contribution is -2.25. The molecule has 1 aromatic rings. The van der Waals surface area contributed by atoms with Crippen molar-refractivity contribution in [1.82, 2.24) is 14.9 Å². The van der Waals surface area contributed by atoms with E-state index in [1.54, 1.807) is 6.20 Å². The van der Waals surface area contributed by atoms with E-state index in [1.165, 1.54) is 12.8 Å². The normalized spacial score (nSPS) is 17.7. The zero-order valence-corrected chi connectivity index (χ0v) is 12.5. The molecule has 1 fully saturated rings. The van der Waals surface area contributed by atoms with Crippen molar-refractivity contribution in [3.8, 4) is 0 Å². The van der Waals surface area contributed by atoms with Crippen LogP contribution >= 0.6 is 0 Å². The van der Waals surface area contributed by atoms with E-state index in [0.29, 0.717) is 25.3 Å². The van der Waals surface area contributed by atoms with Crippen molar-refractivity contribution in [3.63, 3.8) is 0 Å². The van der Waals surface area contributed by atoms with E-state index < -0.39 is 0 Å². The number of fused-ring (bicyclic) bond motifs is 1. The van der Waals surface area contributed by atoms with Crippen molar-refractivity contribution in [1.29, 1.82) is 0 Å². The van der Waals surface area contributed by atoms with Crippen molar-refractivity contribution < 1.29 is 9.53 Å². The molecule has 2 aliphatic rings. The summed E-state index contributed by atoms with van der Waals surface area (Å²) in [6.45, 7) is 6.75. The zero-order valence-electron chi connectivity index (χ0n) is 12.5. The Hall–Kier alpha value is -1.69. The molecule has 21 heavy (non-hydrogen) atoms. The van der Waals surface area contributed by atoms with Crippen LogP contribution in [0.2, 0.25) is 0 Å². The number of ether oxygens (including phenoxy) is 1. The number of nitrogens with zero attached hydrogens (tertiary/aromatic N) is 4. The van der Waals surface area contributed by atoms with Crippen LogP contribution in [0, 0.1) is 0 Å². The maximum atomic E-state index is 12.3. The molecule has 0 aromatic carbocycles. The Bertz CT molecular complexity index is 514. The van der Waals surface area contributed by atoms with E-state index in [0.717, 1.165) is 37.8 Å². The van der Waals surface area contributed by atoms with Gasteiger partial charge in [-0.15, -0.1) is 0 Å². The van der Waals surface area contributed by atoms with Gasteiger partial charge < -0.3 is 14.5 Å². The lowest BCUT2D eigenvalue weighted by atomic mass is 10.3. The smallest absolute Gasteiger partial charge is 0.257 e. The first-order valence-electron chi connectivity index (χ1n) is 7.77. The summed E-state index contributed by atoms with van der Waals surface area (Å²) in [7, 11) is 0. The third-order valence-electron chi connectivity index (χ3n) is 4.02. The van der Waals surface area contributed by atoms with Gasteiger partial charge in [-0.1, -0.05) is 0 Å². The predicted octanol–water partition coefficient (Wildman–Crippen LogP) is 1.46. The van der Waals surface area contributed by atoms with Crippen molar-refractivity contribution in [2.45, 2.75) is 32.7 Å². The molecule has 6 heteroatoms. The van der Waals surface area contributed by atoms with Crippen LogP contribution in [0.1, 0.15) is 42.2 Å². The number of aromatic nitrogens is 2. The van der Waals surface area contributed by atoms with Gasteiger partial charge in [-0.2, -0.15) is 0 Å². The molecule has 0 aliphatic carbocycles. The SMILES string of the molecule is CCOCCCN1Cc2nc(N3CCCC3)ncc2C1=O. The first-order chi connectivity index (χ1) is 10.3. The van der Waals surface area contributed by atoms with Crippen molar-refractivity contribution in [2.24, 2.45) is 0 Å². The van der Waals surface area contributed by atoms with Gasteiger partial charge >= 0.3 is 0 Å². The van der Waals surface area contributed by atoms with Crippen molar-refractivity contribution in [3.05, 3.63) is 17.5 Å². The third kappa shape index (κ3) is 3.00. The molecule has 6 nitrogen and oxygen atoms in total. The minimum atomic E-state index is 0.0504. The van der Waals surface area contributed by atoms with E-state index in [9.17, 15) is 4.79 Å². The Morgan fingerprint density at radius 2 is 2.14 bits per heavy atom. The van der Waals surface area contributed by atoms with Gasteiger partial charge in [0.25, 0.3) is 5.91 Å². The fourth-order valence-electron chi connectivity index (χ4n) is 2.88. The van der Waals surface area contributed by atoms with Gasteiger partial charge in [0.1, 0.15) is 0 Å². The molecule has 1 amide bonds. The van der Waals surface area contributed by atoms with E-state index in [1.807, 2.05) is 11.8 Å². The minimum Gasteiger partial charge on any atom is -0.382 e. The summed E-state index contributed by atoms with van der Waals surface area (Å²) in [6.07, 6.45) is 4.95. The average Bonchev–Trinajstić information content (AvgIpc) is 3.12. The van der Waals surface area contributed by atoms with Gasteiger partial charge in [-0.25, -0.2) is 9.97 Å². The highest BCUT2D eigenvalue weighted by molar-refractivity contribution is 5.97. The number of rotatable bonds is 6. The van der Waals surface area contributed by atoms with E-state index in [2.05, 4.69) is 14.9 Å². The lowest BCUT2D eigenvalue weighted by molar-refractivity contribution is 0.0748. The number of amides is 1. The van der Waals surface area contributed by atoms with Crippen LogP contribution in [-0.4, -0.2) is 53.6 Å². The van der Waals surface area contributed by atoms with E-state index in [-0.39, 0.29) is 5.91 Å². The molecule has 114 valence electrons. The maximum absolute atomic E-state index is 12.3. The summed E-state index contributed by atoms with van der Waals surface area (Å²) >= 11 is 0. The Kier molecular flexibility index (Phi) is 4.34. The first-order valence-corrected chi connectivity index (χ1v) is 7.77. The zero-order chi connectivity index (χ0) is 14.7. The van der Waals surface area contributed by atoms with Gasteiger partial charge in [0.05, 0.1) is 17.8 Å². The topological polar surface area (TPSA) is 58.6 Å². The highest BCUT2D eigenvalue weighted by Gasteiger charge is 2.29. The molecule has 0 N–H and O–H groups in total. The van der Waals surface area contributed by atoms with Crippen molar-refractivity contribution >= 4 is 11.9 Å². The summed E-state index contributed by atoms with van der Waals surface area (Å²) in [5.41, 5.74) is 1.53. The van der Waals surface area contributed by atoms with Crippen molar-refractivity contribution in [2.75, 3.05) is 37.7 Å². The van der Waals surface area contributed by atoms with Crippen LogP contribution in [0.4, 0.5) is 5.95 Å². The van der Waals surface area contributed by atoms with Gasteiger partial charge in [-0.05, 0) is 26.2 Å². The molecule has 0 atom stereocenters. The molecule has 2 aliphatic heterocycles. The van der Waals surface area contributed by atoms with E-state index >= 15 is 0 Å². The van der Waals surface area contributed by atoms with Gasteiger partial charge in [0.15, 0.2) is 0 Å². The summed E-state index contributed by atoms with van der Waals surface area (Å²) in [5.74, 6) is 0.824. The second kappa shape index (κ2) is 6.39. The highest BCUT2D eigenvalue weighted by Crippen LogP contribution is 2.24. The van der Waals surface area contributed by atoms with E-state index in [4.69, 9.17) is 4.74 Å². The fourth-order valence-corrected chi connectivity index (χ4v) is 2.88. The monoisotopic (exact) mass is 290 g/mol. The molecule has 0 saturated carbocycles. The largest absolute Gasteiger partial charge is 0.382 e. The van der Waals surface area contributed by atoms with Crippen LogP contribution in [-0.2, 0) is 11.3 Å². The summed E-state index contributed by atoms with van der Waals surface area (Å²) in [6, 6.07) is 0. The van der Waals surface area contributed by atoms with Crippen LogP contribution in [0.5, 0.6) is 0 Å². The number of carbonyl (C=O) groups is 1. The fraction of sp³-hybridized carbons (Fsp3) is 0.667. The Morgan fingerprint density at radius 3 is 2.90 bits per heavy atom. The number of carbonyl (C=O) groups excluding carboxylic acids is 1. The molecule has 0 bridgehead atoms. The quantitative estimate of drug-likeness (QED) is 0.742. The van der Waals surface area contributed by atoms with Crippen LogP contribution in [0.15, 0.2) is 6.20 Å². The molecule has 0 unspecified atom stereocenters. The Labute approximate surface area is 125 Å². The summed E-state index contributed by atoms with van der Waals surface area (Å²) < 4.78 is 5.32. The molecular weight excluding hydrogens is 268 g/mol. The second-order valence-corrected chi connectivity index (χ2v) is 5.50. The van der Waals surface area contributed by atoms with Gasteiger partial charge in [0, 0.05) is 39.0 Å². The van der Waals surface area contributed by atoms with Crippen LogP contribution < -0.4 is 4.90 Å². The standard InChI is InChI=1S/C15H22N4O2/c1-2-21-9-5-8-19-11-13-12(14(19)20)10-16-15(17-13)18-6-3-4-7-18/h10H,2-9,11H2,1H3. The number of hydrogen-bond donors (Lipinski definition) is 0. The molecule has 1 saturated heterocycles. The highest BCUT2D eigenvalue weighted by atomic mass is 16.5. The van der Waals surface area contributed by atoms with Crippen LogP contribution in [0.25, 0.3) is 0 Å². The molecular formula is C15H22N4O2. The molecule has 1 aromatic heterocycles. The number of anilines is 1. The number of hydrogen-bond acceptors (Lipinski definition) is 5. The Balaban J connectivity index is 1.64.